The van der Waals surface area contributed by atoms with Crippen molar-refractivity contribution in [3.63, 3.8) is 0 Å². The Morgan fingerprint density at radius 3 is 2.77 bits per heavy atom. The first kappa shape index (κ1) is 15.7. The molecule has 0 bridgehead atoms. The Morgan fingerprint density at radius 2 is 2.14 bits per heavy atom. The number of hydrogen-bond acceptors (Lipinski definition) is 5. The summed E-state index contributed by atoms with van der Waals surface area (Å²) in [6.07, 6.45) is 1.42. The van der Waals surface area contributed by atoms with E-state index in [0.717, 1.165) is 0 Å². The Balaban J connectivity index is 2.36. The van der Waals surface area contributed by atoms with Gasteiger partial charge in [-0.15, -0.1) is 0 Å². The highest BCUT2D eigenvalue weighted by atomic mass is 16.5. The first-order chi connectivity index (χ1) is 10.6. The Labute approximate surface area is 126 Å². The maximum absolute atomic E-state index is 12.3. The van der Waals surface area contributed by atoms with E-state index < -0.39 is 17.9 Å². The average molecular weight is 304 g/mol. The van der Waals surface area contributed by atoms with Crippen molar-refractivity contribution in [2.45, 2.75) is 12.5 Å². The Hall–Kier alpha value is -2.67. The van der Waals surface area contributed by atoms with Crippen LogP contribution in [-0.2, 0) is 4.79 Å². The summed E-state index contributed by atoms with van der Waals surface area (Å²) >= 11 is 0. The van der Waals surface area contributed by atoms with Crippen molar-refractivity contribution < 1.29 is 24.5 Å². The van der Waals surface area contributed by atoms with Crippen LogP contribution in [0.3, 0.4) is 0 Å². The second-order valence-electron chi connectivity index (χ2n) is 4.62. The molecular weight excluding hydrogens is 288 g/mol. The molecule has 2 aromatic rings. The van der Waals surface area contributed by atoms with Crippen LogP contribution in [0.15, 0.2) is 30.5 Å². The van der Waals surface area contributed by atoms with E-state index in [1.54, 1.807) is 18.2 Å². The van der Waals surface area contributed by atoms with Crippen LogP contribution in [0.25, 0.3) is 10.9 Å². The highest BCUT2D eigenvalue weighted by Gasteiger charge is 2.21. The van der Waals surface area contributed by atoms with Gasteiger partial charge in [-0.1, -0.05) is 0 Å². The summed E-state index contributed by atoms with van der Waals surface area (Å²) in [6, 6.07) is 5.47. The molecule has 1 aromatic carbocycles. The second kappa shape index (κ2) is 6.86. The number of aliphatic carboxylic acids is 1. The van der Waals surface area contributed by atoms with E-state index in [1.165, 1.54) is 19.4 Å². The van der Waals surface area contributed by atoms with E-state index >= 15 is 0 Å². The summed E-state index contributed by atoms with van der Waals surface area (Å²) in [5.74, 6) is -1.17. The molecule has 0 radical (unpaired) electrons. The topological polar surface area (TPSA) is 109 Å². The summed E-state index contributed by atoms with van der Waals surface area (Å²) in [5, 5.41) is 20.9. The monoisotopic (exact) mass is 304 g/mol. The van der Waals surface area contributed by atoms with E-state index in [1.807, 2.05) is 0 Å². The average Bonchev–Trinajstić information content (AvgIpc) is 2.53. The van der Waals surface area contributed by atoms with Crippen molar-refractivity contribution in [2.24, 2.45) is 0 Å². The van der Waals surface area contributed by atoms with Crippen LogP contribution in [0.4, 0.5) is 0 Å². The molecule has 1 unspecified atom stereocenters. The molecule has 22 heavy (non-hydrogen) atoms. The lowest BCUT2D eigenvalue weighted by Crippen LogP contribution is -2.41. The smallest absolute Gasteiger partial charge is 0.326 e. The van der Waals surface area contributed by atoms with Gasteiger partial charge >= 0.3 is 5.97 Å². The summed E-state index contributed by atoms with van der Waals surface area (Å²) < 4.78 is 5.13. The molecule has 2 rings (SSSR count). The summed E-state index contributed by atoms with van der Waals surface area (Å²) in [5.41, 5.74) is 0.899. The number of aliphatic hydroxyl groups excluding tert-OH is 1. The minimum absolute atomic E-state index is 0.0621. The van der Waals surface area contributed by atoms with Gasteiger partial charge in [-0.2, -0.15) is 0 Å². The van der Waals surface area contributed by atoms with E-state index in [-0.39, 0.29) is 13.0 Å². The van der Waals surface area contributed by atoms with Crippen molar-refractivity contribution in [1.29, 1.82) is 0 Å². The third-order valence-electron chi connectivity index (χ3n) is 3.21. The Bertz CT molecular complexity index is 701. The van der Waals surface area contributed by atoms with Gasteiger partial charge in [0.15, 0.2) is 0 Å². The molecule has 0 aliphatic carbocycles. The summed E-state index contributed by atoms with van der Waals surface area (Å²) in [6.45, 7) is -0.331. The zero-order valence-electron chi connectivity index (χ0n) is 11.9. The van der Waals surface area contributed by atoms with Crippen LogP contribution in [0.2, 0.25) is 0 Å². The fourth-order valence-corrected chi connectivity index (χ4v) is 2.07. The fourth-order valence-electron chi connectivity index (χ4n) is 2.07. The van der Waals surface area contributed by atoms with Gasteiger partial charge in [-0.3, -0.25) is 9.78 Å². The van der Waals surface area contributed by atoms with Crippen molar-refractivity contribution in [3.8, 4) is 5.75 Å². The number of rotatable bonds is 6. The second-order valence-corrected chi connectivity index (χ2v) is 4.62. The summed E-state index contributed by atoms with van der Waals surface area (Å²) in [4.78, 5) is 27.5. The third-order valence-corrected chi connectivity index (χ3v) is 3.21. The van der Waals surface area contributed by atoms with Crippen molar-refractivity contribution in [1.82, 2.24) is 10.3 Å². The van der Waals surface area contributed by atoms with Gasteiger partial charge in [0, 0.05) is 24.6 Å². The number of pyridine rings is 1. The van der Waals surface area contributed by atoms with E-state index in [4.69, 9.17) is 14.9 Å². The molecule has 7 nitrogen and oxygen atoms in total. The number of aliphatic hydroxyl groups is 1. The first-order valence-electron chi connectivity index (χ1n) is 6.64. The number of nitrogens with zero attached hydrogens (tertiary/aromatic N) is 1. The highest BCUT2D eigenvalue weighted by Crippen LogP contribution is 2.22. The number of ether oxygens (including phenoxy) is 1. The molecule has 3 N–H and O–H groups in total. The number of carbonyl (C=O) groups excluding carboxylic acids is 1. The van der Waals surface area contributed by atoms with E-state index in [9.17, 15) is 9.59 Å². The van der Waals surface area contributed by atoms with Crippen LogP contribution >= 0.6 is 0 Å². The number of carboxylic acid groups (broad SMARTS) is 1. The molecule has 0 spiro atoms. The van der Waals surface area contributed by atoms with Crippen LogP contribution < -0.4 is 10.1 Å². The zero-order valence-corrected chi connectivity index (χ0v) is 11.9. The van der Waals surface area contributed by atoms with Gasteiger partial charge < -0.3 is 20.3 Å². The minimum atomic E-state index is -1.20. The van der Waals surface area contributed by atoms with Crippen molar-refractivity contribution in [3.05, 3.63) is 36.0 Å². The number of hydrogen-bond donors (Lipinski definition) is 3. The van der Waals surface area contributed by atoms with Crippen LogP contribution in [0, 0.1) is 0 Å². The zero-order chi connectivity index (χ0) is 16.1. The lowest BCUT2D eigenvalue weighted by Gasteiger charge is -2.14. The quantitative estimate of drug-likeness (QED) is 0.728. The Morgan fingerprint density at radius 1 is 1.36 bits per heavy atom. The van der Waals surface area contributed by atoms with Gasteiger partial charge in [0.25, 0.3) is 5.91 Å². The fraction of sp³-hybridized carbons (Fsp3) is 0.267. The number of nitrogens with one attached hydrogen (secondary N) is 1. The molecule has 116 valence electrons. The number of methoxy groups -OCH3 is 1. The Kier molecular flexibility index (Phi) is 4.90. The minimum Gasteiger partial charge on any atom is -0.497 e. The summed E-state index contributed by atoms with van der Waals surface area (Å²) in [7, 11) is 1.51. The number of carbonyl (C=O) groups is 2. The number of benzene rings is 1. The maximum Gasteiger partial charge on any atom is 0.326 e. The standard InChI is InChI=1S/C15H16N2O5/c1-22-9-2-3-12-11(8-9)10(4-6-16-12)14(19)17-13(5-7-18)15(20)21/h2-4,6,8,13,18H,5,7H2,1H3,(H,17,19)(H,20,21). The molecule has 1 amide bonds. The molecule has 7 heteroatoms. The predicted molar refractivity (Wildman–Crippen MR) is 78.9 cm³/mol. The maximum atomic E-state index is 12.3. The molecule has 0 saturated carbocycles. The third kappa shape index (κ3) is 3.32. The highest BCUT2D eigenvalue weighted by molar-refractivity contribution is 6.07. The van der Waals surface area contributed by atoms with E-state index in [2.05, 4.69) is 10.3 Å². The lowest BCUT2D eigenvalue weighted by molar-refractivity contribution is -0.139. The van der Waals surface area contributed by atoms with Gasteiger partial charge in [0.05, 0.1) is 18.2 Å². The first-order valence-corrected chi connectivity index (χ1v) is 6.64. The molecule has 1 atom stereocenters. The van der Waals surface area contributed by atoms with Crippen LogP contribution in [-0.4, -0.2) is 46.8 Å². The molecule has 0 saturated heterocycles. The largest absolute Gasteiger partial charge is 0.497 e. The molecule has 1 aromatic heterocycles. The van der Waals surface area contributed by atoms with Gasteiger partial charge in [0.1, 0.15) is 11.8 Å². The predicted octanol–water partition coefficient (Wildman–Crippen LogP) is 0.809. The van der Waals surface area contributed by atoms with Crippen LogP contribution in [0.1, 0.15) is 16.8 Å². The van der Waals surface area contributed by atoms with Crippen molar-refractivity contribution >= 4 is 22.8 Å². The number of aromatic nitrogens is 1. The molecule has 0 fully saturated rings. The van der Waals surface area contributed by atoms with Crippen molar-refractivity contribution in [2.75, 3.05) is 13.7 Å². The number of amides is 1. The molecular formula is C15H16N2O5. The van der Waals surface area contributed by atoms with Gasteiger partial charge in [0.2, 0.25) is 0 Å². The number of carboxylic acids is 1. The normalized spacial score (nSPS) is 11.9. The molecule has 0 aliphatic rings. The molecule has 0 aliphatic heterocycles. The SMILES string of the molecule is COc1ccc2nccc(C(=O)NC(CCO)C(=O)O)c2c1. The van der Waals surface area contributed by atoms with Gasteiger partial charge in [-0.25, -0.2) is 4.79 Å². The van der Waals surface area contributed by atoms with Crippen LogP contribution in [0.5, 0.6) is 5.75 Å². The van der Waals surface area contributed by atoms with Gasteiger partial charge in [-0.05, 0) is 24.3 Å². The van der Waals surface area contributed by atoms with E-state index in [0.29, 0.717) is 22.2 Å². The number of fused-ring (bicyclic) bond motifs is 1. The lowest BCUT2D eigenvalue weighted by atomic mass is 10.1. The molecule has 1 heterocycles.